The summed E-state index contributed by atoms with van der Waals surface area (Å²) in [6, 6.07) is 4.03. The lowest BCUT2D eigenvalue weighted by Gasteiger charge is -2.32. The van der Waals surface area contributed by atoms with Crippen molar-refractivity contribution in [1.29, 1.82) is 0 Å². The predicted octanol–water partition coefficient (Wildman–Crippen LogP) is 1.88. The van der Waals surface area contributed by atoms with Crippen LogP contribution in [0.4, 0.5) is 5.82 Å². The molecule has 8 nitrogen and oxygen atoms in total. The van der Waals surface area contributed by atoms with E-state index in [9.17, 15) is 4.79 Å². The van der Waals surface area contributed by atoms with Gasteiger partial charge in [-0.05, 0) is 44.1 Å². The number of aliphatic imine (C=N–C) groups is 1. The molecule has 2 heterocycles. The number of nitrogens with zero attached hydrogens (tertiary/aromatic N) is 3. The molecule has 0 radical (unpaired) electrons. The van der Waals surface area contributed by atoms with Gasteiger partial charge in [0.2, 0.25) is 5.91 Å². The molecule has 0 spiro atoms. The Balaban J connectivity index is 0.00000320. The van der Waals surface area contributed by atoms with Crippen LogP contribution in [0.1, 0.15) is 37.7 Å². The number of halogens is 1. The van der Waals surface area contributed by atoms with E-state index in [4.69, 9.17) is 10.5 Å². The van der Waals surface area contributed by atoms with Crippen LogP contribution in [-0.2, 0) is 16.1 Å². The lowest BCUT2D eigenvalue weighted by Crippen LogP contribution is -2.40. The van der Waals surface area contributed by atoms with E-state index in [0.29, 0.717) is 6.54 Å². The van der Waals surface area contributed by atoms with Crippen molar-refractivity contribution in [2.24, 2.45) is 22.6 Å². The number of hydrogen-bond acceptors (Lipinski definition) is 5. The first-order chi connectivity index (χ1) is 14.2. The number of aromatic nitrogens is 1. The molecule has 0 unspecified atom stereocenters. The van der Waals surface area contributed by atoms with E-state index in [1.807, 2.05) is 12.3 Å². The van der Waals surface area contributed by atoms with Crippen LogP contribution in [0, 0.1) is 11.8 Å². The topological polar surface area (TPSA) is 105 Å². The van der Waals surface area contributed by atoms with Crippen LogP contribution in [-0.4, -0.2) is 56.7 Å². The van der Waals surface area contributed by atoms with E-state index in [1.165, 1.54) is 12.8 Å². The number of pyridine rings is 1. The van der Waals surface area contributed by atoms with Crippen LogP contribution >= 0.6 is 24.0 Å². The van der Waals surface area contributed by atoms with E-state index in [-0.39, 0.29) is 35.8 Å². The lowest BCUT2D eigenvalue weighted by molar-refractivity contribution is -0.122. The normalized spacial score (nSPS) is 17.4. The van der Waals surface area contributed by atoms with Crippen LogP contribution in [0.25, 0.3) is 0 Å². The molecular weight excluding hydrogens is 495 g/mol. The zero-order valence-corrected chi connectivity index (χ0v) is 20.1. The SMILES string of the molecule is CN=C(NCCCOCC1CC1)NCc1cccnc1N1CCC(C(N)=O)CC1.I. The van der Waals surface area contributed by atoms with Crippen LogP contribution in [0.15, 0.2) is 23.3 Å². The van der Waals surface area contributed by atoms with Crippen LogP contribution in [0.2, 0.25) is 0 Å². The largest absolute Gasteiger partial charge is 0.381 e. The molecule has 168 valence electrons. The van der Waals surface area contributed by atoms with Gasteiger partial charge >= 0.3 is 0 Å². The second-order valence-corrected chi connectivity index (χ2v) is 7.87. The average molecular weight is 530 g/mol. The molecular formula is C21H35IN6O2. The number of anilines is 1. The first kappa shape index (κ1) is 24.6. The van der Waals surface area contributed by atoms with Gasteiger partial charge in [-0.2, -0.15) is 0 Å². The minimum absolute atomic E-state index is 0. The van der Waals surface area contributed by atoms with E-state index in [0.717, 1.165) is 75.4 Å². The van der Waals surface area contributed by atoms with Gasteiger partial charge in [-0.15, -0.1) is 24.0 Å². The second kappa shape index (κ2) is 12.9. The summed E-state index contributed by atoms with van der Waals surface area (Å²) in [7, 11) is 1.78. The molecule has 1 aliphatic heterocycles. The Morgan fingerprint density at radius 1 is 1.30 bits per heavy atom. The molecule has 0 aromatic carbocycles. The predicted molar refractivity (Wildman–Crippen MR) is 130 cm³/mol. The fraction of sp³-hybridized carbons (Fsp3) is 0.667. The van der Waals surface area contributed by atoms with Gasteiger partial charge in [0.25, 0.3) is 0 Å². The molecule has 1 saturated carbocycles. The smallest absolute Gasteiger partial charge is 0.220 e. The third kappa shape index (κ3) is 7.90. The average Bonchev–Trinajstić information content (AvgIpc) is 3.57. The van der Waals surface area contributed by atoms with Gasteiger partial charge in [-0.3, -0.25) is 9.79 Å². The highest BCUT2D eigenvalue weighted by Gasteiger charge is 2.25. The van der Waals surface area contributed by atoms with Gasteiger partial charge in [0.1, 0.15) is 5.82 Å². The number of guanidine groups is 1. The third-order valence-electron chi connectivity index (χ3n) is 5.54. The number of rotatable bonds is 10. The standard InChI is InChI=1S/C21H34N6O2.HI/c1-23-21(25-10-3-13-29-15-16-5-6-16)26-14-18-4-2-9-24-20(18)27-11-7-17(8-12-27)19(22)28;/h2,4,9,16-17H,3,5-8,10-15H2,1H3,(H2,22,28)(H2,23,25,26);1H. The van der Waals surface area contributed by atoms with E-state index in [2.05, 4.69) is 31.6 Å². The molecule has 1 aromatic rings. The Labute approximate surface area is 196 Å². The van der Waals surface area contributed by atoms with E-state index in [1.54, 1.807) is 7.05 Å². The molecule has 0 bridgehead atoms. The molecule has 2 aliphatic rings. The number of carbonyl (C=O) groups excluding carboxylic acids is 1. The molecule has 4 N–H and O–H groups in total. The fourth-order valence-corrected chi connectivity index (χ4v) is 3.54. The lowest BCUT2D eigenvalue weighted by atomic mass is 9.96. The van der Waals surface area contributed by atoms with Crippen molar-refractivity contribution in [3.05, 3.63) is 23.9 Å². The van der Waals surface area contributed by atoms with Crippen LogP contribution < -0.4 is 21.3 Å². The molecule has 2 fully saturated rings. The van der Waals surface area contributed by atoms with Crippen molar-refractivity contribution in [3.63, 3.8) is 0 Å². The second-order valence-electron chi connectivity index (χ2n) is 7.87. The van der Waals surface area contributed by atoms with Gasteiger partial charge in [-0.1, -0.05) is 6.07 Å². The monoisotopic (exact) mass is 530 g/mol. The summed E-state index contributed by atoms with van der Waals surface area (Å²) in [6.07, 6.45) is 6.99. The summed E-state index contributed by atoms with van der Waals surface area (Å²) in [6.45, 7) is 4.75. The molecule has 0 atom stereocenters. The number of amides is 1. The van der Waals surface area contributed by atoms with Crippen molar-refractivity contribution in [2.75, 3.05) is 44.8 Å². The molecule has 1 aliphatic carbocycles. The molecule has 1 aromatic heterocycles. The highest BCUT2D eigenvalue weighted by Crippen LogP contribution is 2.28. The van der Waals surface area contributed by atoms with Crippen molar-refractivity contribution >= 4 is 41.7 Å². The Hall–Kier alpha value is -1.62. The summed E-state index contributed by atoms with van der Waals surface area (Å²) < 4.78 is 5.66. The maximum atomic E-state index is 11.4. The third-order valence-corrected chi connectivity index (χ3v) is 5.54. The molecule has 30 heavy (non-hydrogen) atoms. The number of hydrogen-bond donors (Lipinski definition) is 3. The fourth-order valence-electron chi connectivity index (χ4n) is 3.54. The molecule has 1 amide bonds. The zero-order chi connectivity index (χ0) is 20.5. The molecule has 9 heteroatoms. The van der Waals surface area contributed by atoms with E-state index >= 15 is 0 Å². The first-order valence-electron chi connectivity index (χ1n) is 10.7. The quantitative estimate of drug-likeness (QED) is 0.185. The van der Waals surface area contributed by atoms with E-state index < -0.39 is 0 Å². The Bertz CT molecular complexity index is 690. The van der Waals surface area contributed by atoms with Crippen molar-refractivity contribution in [3.8, 4) is 0 Å². The number of nitrogens with one attached hydrogen (secondary N) is 2. The first-order valence-corrected chi connectivity index (χ1v) is 10.7. The Morgan fingerprint density at radius 3 is 2.73 bits per heavy atom. The highest BCUT2D eigenvalue weighted by molar-refractivity contribution is 14.0. The summed E-state index contributed by atoms with van der Waals surface area (Å²) in [5.41, 5.74) is 6.56. The van der Waals surface area contributed by atoms with Gasteiger partial charge < -0.3 is 26.0 Å². The van der Waals surface area contributed by atoms with Crippen molar-refractivity contribution < 1.29 is 9.53 Å². The van der Waals surface area contributed by atoms with Crippen molar-refractivity contribution in [1.82, 2.24) is 15.6 Å². The summed E-state index contributed by atoms with van der Waals surface area (Å²) in [5.74, 6) is 2.34. The summed E-state index contributed by atoms with van der Waals surface area (Å²) >= 11 is 0. The molecule has 1 saturated heterocycles. The maximum absolute atomic E-state index is 11.4. The number of ether oxygens (including phenoxy) is 1. The van der Waals surface area contributed by atoms with Gasteiger partial charge in [-0.25, -0.2) is 4.98 Å². The highest BCUT2D eigenvalue weighted by atomic mass is 127. The summed E-state index contributed by atoms with van der Waals surface area (Å²) in [5, 5.41) is 6.70. The van der Waals surface area contributed by atoms with Gasteiger partial charge in [0.05, 0.1) is 0 Å². The van der Waals surface area contributed by atoms with Crippen LogP contribution in [0.5, 0.6) is 0 Å². The minimum atomic E-state index is -0.194. The molecule has 3 rings (SSSR count). The zero-order valence-electron chi connectivity index (χ0n) is 17.8. The number of carbonyl (C=O) groups is 1. The van der Waals surface area contributed by atoms with Gasteiger partial charge in [0.15, 0.2) is 5.96 Å². The van der Waals surface area contributed by atoms with Crippen LogP contribution in [0.3, 0.4) is 0 Å². The van der Waals surface area contributed by atoms with Crippen molar-refractivity contribution in [2.45, 2.75) is 38.6 Å². The number of nitrogens with two attached hydrogens (primary N) is 1. The van der Waals surface area contributed by atoms with Gasteiger partial charge in [0, 0.05) is 64.1 Å². The number of piperidine rings is 1. The maximum Gasteiger partial charge on any atom is 0.220 e. The Kier molecular flexibility index (Phi) is 10.6. The minimum Gasteiger partial charge on any atom is -0.381 e. The Morgan fingerprint density at radius 2 is 2.07 bits per heavy atom. The summed E-state index contributed by atoms with van der Waals surface area (Å²) in [4.78, 5) is 22.5. The number of primary amides is 1.